The number of carbonyl (C=O) groups is 1. The van der Waals surface area contributed by atoms with Gasteiger partial charge in [-0.2, -0.15) is 0 Å². The quantitative estimate of drug-likeness (QED) is 0.102. The van der Waals surface area contributed by atoms with Gasteiger partial charge in [-0.15, -0.1) is 0 Å². The van der Waals surface area contributed by atoms with Gasteiger partial charge in [0.15, 0.2) is 25.2 Å². The molecule has 0 spiro atoms. The van der Waals surface area contributed by atoms with E-state index >= 15 is 0 Å². The molecule has 0 unspecified atom stereocenters. The summed E-state index contributed by atoms with van der Waals surface area (Å²) in [6.45, 7) is 2.46. The van der Waals surface area contributed by atoms with Gasteiger partial charge in [-0.3, -0.25) is 4.79 Å². The van der Waals surface area contributed by atoms with Crippen LogP contribution in [0.4, 0.5) is 0 Å². The third-order valence-electron chi connectivity index (χ3n) is 8.74. The Balaban J connectivity index is 1.60. The van der Waals surface area contributed by atoms with Crippen molar-refractivity contribution >= 4 is 5.91 Å². The lowest BCUT2D eigenvalue weighted by Crippen LogP contribution is -2.69. The van der Waals surface area contributed by atoms with Crippen LogP contribution >= 0.6 is 0 Å². The van der Waals surface area contributed by atoms with E-state index in [-0.39, 0.29) is 0 Å². The van der Waals surface area contributed by atoms with Crippen LogP contribution in [0.25, 0.3) is 0 Å². The Morgan fingerprint density at radius 3 is 1.66 bits per heavy atom. The molecule has 4 aliphatic rings. The van der Waals surface area contributed by atoms with Crippen molar-refractivity contribution in [3.8, 4) is 0 Å². The molecule has 0 aromatic rings. The van der Waals surface area contributed by atoms with Crippen molar-refractivity contribution in [2.75, 3.05) is 20.3 Å². The third-order valence-corrected chi connectivity index (χ3v) is 8.74. The van der Waals surface area contributed by atoms with Gasteiger partial charge in [0.2, 0.25) is 5.91 Å². The zero-order valence-corrected chi connectivity index (χ0v) is 26.1. The van der Waals surface area contributed by atoms with E-state index in [9.17, 15) is 55.9 Å². The molecule has 0 radical (unpaired) electrons. The van der Waals surface area contributed by atoms with Crippen LogP contribution in [0.15, 0.2) is 0 Å². The number of rotatable bonds is 10. The number of ether oxygens (including phenoxy) is 8. The number of methoxy groups -OCH3 is 1. The first-order valence-corrected chi connectivity index (χ1v) is 15.2. The van der Waals surface area contributed by atoms with Crippen molar-refractivity contribution in [3.63, 3.8) is 0 Å². The van der Waals surface area contributed by atoms with E-state index in [2.05, 4.69) is 5.32 Å². The van der Waals surface area contributed by atoms with Crippen molar-refractivity contribution < 1.29 is 93.8 Å². The summed E-state index contributed by atoms with van der Waals surface area (Å²) in [5, 5.41) is 108. The molecule has 274 valence electrons. The first kappa shape index (κ1) is 38.6. The first-order chi connectivity index (χ1) is 22.1. The van der Waals surface area contributed by atoms with Crippen LogP contribution in [0.3, 0.4) is 0 Å². The van der Waals surface area contributed by atoms with Crippen LogP contribution in [0.1, 0.15) is 20.8 Å². The van der Waals surface area contributed by atoms with Gasteiger partial charge in [0.05, 0.1) is 25.4 Å². The highest BCUT2D eigenvalue weighted by Gasteiger charge is 2.55. The summed E-state index contributed by atoms with van der Waals surface area (Å²) >= 11 is 0. The number of aliphatic hydroxyl groups is 10. The van der Waals surface area contributed by atoms with Gasteiger partial charge in [-0.05, 0) is 13.8 Å². The van der Waals surface area contributed by atoms with Gasteiger partial charge in [0, 0.05) is 14.0 Å². The van der Waals surface area contributed by atoms with Crippen molar-refractivity contribution in [1.82, 2.24) is 5.32 Å². The molecule has 20 heteroatoms. The zero-order chi connectivity index (χ0) is 34.9. The molecular weight excluding hydrogens is 642 g/mol. The number of hydrogen-bond donors (Lipinski definition) is 11. The molecule has 20 atom stereocenters. The molecule has 4 saturated heterocycles. The zero-order valence-electron chi connectivity index (χ0n) is 26.1. The second kappa shape index (κ2) is 16.2. The van der Waals surface area contributed by atoms with Gasteiger partial charge < -0.3 is 94.3 Å². The van der Waals surface area contributed by atoms with E-state index in [1.165, 1.54) is 27.9 Å². The van der Waals surface area contributed by atoms with Crippen LogP contribution in [-0.2, 0) is 42.7 Å². The molecule has 4 rings (SSSR count). The van der Waals surface area contributed by atoms with Crippen LogP contribution in [-0.4, -0.2) is 200 Å². The maximum Gasteiger partial charge on any atom is 0.217 e. The van der Waals surface area contributed by atoms with Crippen molar-refractivity contribution in [3.05, 3.63) is 0 Å². The topological polar surface area (TPSA) is 305 Å². The van der Waals surface area contributed by atoms with E-state index in [0.29, 0.717) is 0 Å². The second-order valence-electron chi connectivity index (χ2n) is 12.1. The van der Waals surface area contributed by atoms with Gasteiger partial charge in [-0.25, -0.2) is 0 Å². The number of aliphatic hydroxyl groups excluding tert-OH is 10. The largest absolute Gasteiger partial charge is 0.394 e. The minimum atomic E-state index is -1.90. The number of hydrogen-bond acceptors (Lipinski definition) is 19. The Kier molecular flexibility index (Phi) is 13.3. The Morgan fingerprint density at radius 1 is 0.574 bits per heavy atom. The fourth-order valence-electron chi connectivity index (χ4n) is 5.99. The van der Waals surface area contributed by atoms with E-state index in [1.807, 2.05) is 0 Å². The maximum atomic E-state index is 12.0. The highest BCUT2D eigenvalue weighted by atomic mass is 16.8. The predicted octanol–water partition coefficient (Wildman–Crippen LogP) is -6.90. The van der Waals surface area contributed by atoms with E-state index < -0.39 is 142 Å². The molecule has 20 nitrogen and oxygen atoms in total. The maximum absolute atomic E-state index is 12.0. The molecule has 0 saturated carbocycles. The van der Waals surface area contributed by atoms with Crippen LogP contribution in [0, 0.1) is 0 Å². The lowest BCUT2D eigenvalue weighted by atomic mass is 9.95. The fourth-order valence-corrected chi connectivity index (χ4v) is 5.99. The van der Waals surface area contributed by atoms with Gasteiger partial charge in [0.1, 0.15) is 85.4 Å². The van der Waals surface area contributed by atoms with Crippen LogP contribution < -0.4 is 5.32 Å². The van der Waals surface area contributed by atoms with E-state index in [0.717, 1.165) is 0 Å². The molecule has 4 heterocycles. The van der Waals surface area contributed by atoms with Crippen LogP contribution in [0.5, 0.6) is 0 Å². The molecule has 0 bridgehead atoms. The molecule has 4 fully saturated rings. The molecule has 1 amide bonds. The summed E-state index contributed by atoms with van der Waals surface area (Å²) in [4.78, 5) is 12.0. The van der Waals surface area contributed by atoms with E-state index in [1.54, 1.807) is 0 Å². The van der Waals surface area contributed by atoms with Gasteiger partial charge in [0.25, 0.3) is 0 Å². The minimum Gasteiger partial charge on any atom is -0.394 e. The Labute approximate surface area is 269 Å². The van der Waals surface area contributed by atoms with Crippen molar-refractivity contribution in [1.29, 1.82) is 0 Å². The Hall–Kier alpha value is -1.25. The van der Waals surface area contributed by atoms with E-state index in [4.69, 9.17) is 37.9 Å². The summed E-state index contributed by atoms with van der Waals surface area (Å²) in [6.07, 6.45) is -29.8. The predicted molar refractivity (Wildman–Crippen MR) is 147 cm³/mol. The third kappa shape index (κ3) is 8.06. The molecule has 0 aliphatic carbocycles. The van der Waals surface area contributed by atoms with Gasteiger partial charge >= 0.3 is 0 Å². The number of nitrogens with one attached hydrogen (secondary N) is 1. The number of carbonyl (C=O) groups excluding carboxylic acids is 1. The fraction of sp³-hybridized carbons (Fsp3) is 0.963. The molecule has 11 N–H and O–H groups in total. The highest BCUT2D eigenvalue weighted by Crippen LogP contribution is 2.34. The Morgan fingerprint density at radius 2 is 1.09 bits per heavy atom. The second-order valence-corrected chi connectivity index (χ2v) is 12.1. The summed E-state index contributed by atoms with van der Waals surface area (Å²) in [5.41, 5.74) is 0. The van der Waals surface area contributed by atoms with Gasteiger partial charge in [-0.1, -0.05) is 0 Å². The minimum absolute atomic E-state index is 0.578. The lowest BCUT2D eigenvalue weighted by molar-refractivity contribution is -0.391. The average molecular weight is 690 g/mol. The molecule has 47 heavy (non-hydrogen) atoms. The molecular formula is C27H47NO19. The monoisotopic (exact) mass is 689 g/mol. The Bertz CT molecular complexity index is 1010. The standard InChI is InChI=1S/C27H47NO19/c1-7-13(32)17(36)19(38)25(41-7)46-22-14(33)8(2)42-26(20(22)39)47-23-18(37)15(34)10(5-29)44-27(23)45-21-12(28-9(3)31)24(40-4)43-11(6-30)16(21)35/h7-8,10-27,29-30,32-39H,5-6H2,1-4H3,(H,28,31)/t7-,8-,10+,11+,12+,13-,14-,15-,16+,17+,18-,19+,20+,21+,22+,23+,24-,25-,26-,27+/m0/s1. The first-order valence-electron chi connectivity index (χ1n) is 15.2. The summed E-state index contributed by atoms with van der Waals surface area (Å²) < 4.78 is 45.1. The average Bonchev–Trinajstić information content (AvgIpc) is 3.03. The lowest BCUT2D eigenvalue weighted by Gasteiger charge is -2.49. The molecule has 0 aromatic carbocycles. The van der Waals surface area contributed by atoms with Crippen molar-refractivity contribution in [2.45, 2.75) is 144 Å². The number of amides is 1. The SMILES string of the molecule is CO[C@H]1O[C@H](CO)[C@@H](O)[C@H](O[C@H]2O[C@H](CO)[C@H](O)[C@H](O)[C@H]2O[C@@H]2O[C@@H](C)[C@H](O)[C@@H](O[C@@H]3O[C@@H](C)[C@H](O)[C@@H](O)[C@H]3O)[C@H]2O)[C@H]1NC(C)=O. The molecule has 0 aromatic heterocycles. The van der Waals surface area contributed by atoms with Crippen molar-refractivity contribution in [2.24, 2.45) is 0 Å². The smallest absolute Gasteiger partial charge is 0.217 e. The summed E-state index contributed by atoms with van der Waals surface area (Å²) in [6, 6.07) is -1.22. The normalized spacial score (nSPS) is 51.0. The summed E-state index contributed by atoms with van der Waals surface area (Å²) in [7, 11) is 1.24. The summed E-state index contributed by atoms with van der Waals surface area (Å²) in [5.74, 6) is -0.578. The highest BCUT2D eigenvalue weighted by molar-refractivity contribution is 5.73. The molecule has 4 aliphatic heterocycles. The van der Waals surface area contributed by atoms with Crippen LogP contribution in [0.2, 0.25) is 0 Å².